The number of carbonyl (C=O) groups excluding carboxylic acids is 2. The molecule has 1 N–H and O–H groups in total. The van der Waals surface area contributed by atoms with E-state index in [0.29, 0.717) is 5.69 Å². The molecule has 1 heterocycles. The highest BCUT2D eigenvalue weighted by atomic mass is 35.5. The number of amides is 1. The first kappa shape index (κ1) is 19.5. The van der Waals surface area contributed by atoms with E-state index in [1.807, 2.05) is 24.3 Å². The topological polar surface area (TPSA) is 58.6 Å². The third kappa shape index (κ3) is 5.15. The maximum atomic E-state index is 12.0. The predicted molar refractivity (Wildman–Crippen MR) is 108 cm³/mol. The van der Waals surface area contributed by atoms with Gasteiger partial charge in [0.05, 0.1) is 15.6 Å². The third-order valence-corrected chi connectivity index (χ3v) is 5.20. The van der Waals surface area contributed by atoms with E-state index >= 15 is 0 Å². The molecule has 1 aliphatic rings. The molecule has 0 atom stereocenters. The molecule has 3 rings (SSSR count). The number of piperidine rings is 1. The van der Waals surface area contributed by atoms with Crippen molar-refractivity contribution in [1.29, 1.82) is 0 Å². The second kappa shape index (κ2) is 9.11. The number of hydrogen-bond donors (Lipinski definition) is 1. The number of benzene rings is 2. The number of nitrogens with one attached hydrogen (secondary N) is 1. The summed E-state index contributed by atoms with van der Waals surface area (Å²) in [5, 5.41) is 3.07. The highest BCUT2D eigenvalue weighted by Gasteiger charge is 2.16. The maximum Gasteiger partial charge on any atom is 0.340 e. The SMILES string of the molecule is O=C(COC(=O)c1cccc(Cl)c1Cl)Nc1ccc(N2CCCCC2)cc1. The molecule has 27 heavy (non-hydrogen) atoms. The van der Waals surface area contributed by atoms with E-state index in [9.17, 15) is 9.59 Å². The van der Waals surface area contributed by atoms with Gasteiger partial charge in [-0.05, 0) is 55.7 Å². The zero-order valence-corrected chi connectivity index (χ0v) is 16.2. The average molecular weight is 407 g/mol. The molecule has 0 unspecified atom stereocenters. The van der Waals surface area contributed by atoms with Gasteiger partial charge in [0.25, 0.3) is 5.91 Å². The molecule has 0 spiro atoms. The van der Waals surface area contributed by atoms with Crippen LogP contribution in [-0.4, -0.2) is 31.6 Å². The van der Waals surface area contributed by atoms with Crippen molar-refractivity contribution >= 4 is 46.5 Å². The van der Waals surface area contributed by atoms with E-state index in [1.165, 1.54) is 25.3 Å². The number of esters is 1. The lowest BCUT2D eigenvalue weighted by Gasteiger charge is -2.28. The van der Waals surface area contributed by atoms with Crippen molar-refractivity contribution in [1.82, 2.24) is 0 Å². The summed E-state index contributed by atoms with van der Waals surface area (Å²) in [5.74, 6) is -1.12. The summed E-state index contributed by atoms with van der Waals surface area (Å²) in [4.78, 5) is 26.4. The van der Waals surface area contributed by atoms with Gasteiger partial charge in [0.2, 0.25) is 0 Å². The molecule has 0 aromatic heterocycles. The Balaban J connectivity index is 1.51. The van der Waals surface area contributed by atoms with E-state index in [4.69, 9.17) is 27.9 Å². The summed E-state index contributed by atoms with van der Waals surface area (Å²) in [6, 6.07) is 12.3. The van der Waals surface area contributed by atoms with Crippen LogP contribution in [-0.2, 0) is 9.53 Å². The quantitative estimate of drug-likeness (QED) is 0.725. The molecule has 0 bridgehead atoms. The van der Waals surface area contributed by atoms with Crippen LogP contribution < -0.4 is 10.2 Å². The van der Waals surface area contributed by atoms with Gasteiger partial charge in [-0.1, -0.05) is 29.3 Å². The van der Waals surface area contributed by atoms with Gasteiger partial charge in [0, 0.05) is 24.5 Å². The van der Waals surface area contributed by atoms with Crippen LogP contribution in [0.5, 0.6) is 0 Å². The fraction of sp³-hybridized carbons (Fsp3) is 0.300. The molecule has 0 saturated carbocycles. The first-order chi connectivity index (χ1) is 13.0. The first-order valence-electron chi connectivity index (χ1n) is 8.80. The van der Waals surface area contributed by atoms with E-state index in [2.05, 4.69) is 10.2 Å². The minimum Gasteiger partial charge on any atom is -0.452 e. The number of hydrogen-bond acceptors (Lipinski definition) is 4. The van der Waals surface area contributed by atoms with Gasteiger partial charge in [0.1, 0.15) is 0 Å². The van der Waals surface area contributed by atoms with Crippen molar-refractivity contribution in [3.05, 3.63) is 58.1 Å². The molecule has 0 aliphatic carbocycles. The van der Waals surface area contributed by atoms with Crippen molar-refractivity contribution in [3.8, 4) is 0 Å². The van der Waals surface area contributed by atoms with Gasteiger partial charge >= 0.3 is 5.97 Å². The van der Waals surface area contributed by atoms with Gasteiger partial charge in [-0.3, -0.25) is 4.79 Å². The molecule has 1 fully saturated rings. The van der Waals surface area contributed by atoms with E-state index < -0.39 is 18.5 Å². The lowest BCUT2D eigenvalue weighted by Crippen LogP contribution is -2.29. The molecule has 2 aromatic carbocycles. The second-order valence-electron chi connectivity index (χ2n) is 6.32. The normalized spacial score (nSPS) is 13.9. The Labute approximate surface area is 168 Å². The summed E-state index contributed by atoms with van der Waals surface area (Å²) in [5.41, 5.74) is 1.93. The second-order valence-corrected chi connectivity index (χ2v) is 7.11. The molecular weight excluding hydrogens is 387 g/mol. The van der Waals surface area contributed by atoms with Gasteiger partial charge in [-0.2, -0.15) is 0 Å². The largest absolute Gasteiger partial charge is 0.452 e. The van der Waals surface area contributed by atoms with Crippen molar-refractivity contribution in [2.45, 2.75) is 19.3 Å². The van der Waals surface area contributed by atoms with Crippen LogP contribution in [0, 0.1) is 0 Å². The molecule has 5 nitrogen and oxygen atoms in total. The van der Waals surface area contributed by atoms with Crippen LogP contribution in [0.25, 0.3) is 0 Å². The Hall–Kier alpha value is -2.24. The zero-order valence-electron chi connectivity index (χ0n) is 14.7. The molecule has 1 saturated heterocycles. The van der Waals surface area contributed by atoms with E-state index in [-0.39, 0.29) is 15.6 Å². The van der Waals surface area contributed by atoms with Crippen LogP contribution in [0.1, 0.15) is 29.6 Å². The number of rotatable bonds is 5. The molecule has 1 amide bonds. The van der Waals surface area contributed by atoms with Crippen LogP contribution in [0.15, 0.2) is 42.5 Å². The average Bonchev–Trinajstić information content (AvgIpc) is 2.69. The number of anilines is 2. The summed E-state index contributed by atoms with van der Waals surface area (Å²) in [6.45, 7) is 1.72. The standard InChI is InChI=1S/C20H20Cl2N2O3/c21-17-6-4-5-16(19(17)22)20(26)27-13-18(25)23-14-7-9-15(10-8-14)24-11-2-1-3-12-24/h4-10H,1-3,11-13H2,(H,23,25). The predicted octanol–water partition coefficient (Wildman–Crippen LogP) is 4.78. The molecular formula is C20H20Cl2N2O3. The highest BCUT2D eigenvalue weighted by Crippen LogP contribution is 2.26. The van der Waals surface area contributed by atoms with Crippen molar-refractivity contribution in [2.75, 3.05) is 29.9 Å². The minimum absolute atomic E-state index is 0.109. The number of ether oxygens (including phenoxy) is 1. The van der Waals surface area contributed by atoms with Crippen LogP contribution in [0.2, 0.25) is 10.0 Å². The summed E-state index contributed by atoms with van der Waals surface area (Å²) in [6.07, 6.45) is 3.70. The van der Waals surface area contributed by atoms with Crippen LogP contribution in [0.3, 0.4) is 0 Å². The molecule has 2 aromatic rings. The molecule has 142 valence electrons. The van der Waals surface area contributed by atoms with Crippen molar-refractivity contribution in [2.24, 2.45) is 0 Å². The maximum absolute atomic E-state index is 12.0. The molecule has 0 radical (unpaired) electrons. The lowest BCUT2D eigenvalue weighted by molar-refractivity contribution is -0.119. The monoisotopic (exact) mass is 406 g/mol. The molecule has 1 aliphatic heterocycles. The van der Waals surface area contributed by atoms with Gasteiger partial charge < -0.3 is 15.0 Å². The Morgan fingerprint density at radius 3 is 2.41 bits per heavy atom. The smallest absolute Gasteiger partial charge is 0.340 e. The Morgan fingerprint density at radius 1 is 1.00 bits per heavy atom. The van der Waals surface area contributed by atoms with Crippen molar-refractivity contribution in [3.63, 3.8) is 0 Å². The van der Waals surface area contributed by atoms with Crippen molar-refractivity contribution < 1.29 is 14.3 Å². The van der Waals surface area contributed by atoms with Gasteiger partial charge in [-0.25, -0.2) is 4.79 Å². The minimum atomic E-state index is -0.696. The van der Waals surface area contributed by atoms with E-state index in [0.717, 1.165) is 18.8 Å². The van der Waals surface area contributed by atoms with Gasteiger partial charge in [-0.15, -0.1) is 0 Å². The number of carbonyl (C=O) groups is 2. The molecule has 7 heteroatoms. The lowest BCUT2D eigenvalue weighted by atomic mass is 10.1. The van der Waals surface area contributed by atoms with Crippen LogP contribution in [0.4, 0.5) is 11.4 Å². The number of nitrogens with zero attached hydrogens (tertiary/aromatic N) is 1. The fourth-order valence-corrected chi connectivity index (χ4v) is 3.35. The summed E-state index contributed by atoms with van der Waals surface area (Å²) < 4.78 is 5.01. The summed E-state index contributed by atoms with van der Waals surface area (Å²) >= 11 is 11.8. The Kier molecular flexibility index (Phi) is 6.58. The summed E-state index contributed by atoms with van der Waals surface area (Å²) in [7, 11) is 0. The highest BCUT2D eigenvalue weighted by molar-refractivity contribution is 6.43. The third-order valence-electron chi connectivity index (χ3n) is 4.38. The van der Waals surface area contributed by atoms with Gasteiger partial charge in [0.15, 0.2) is 6.61 Å². The first-order valence-corrected chi connectivity index (χ1v) is 9.56. The van der Waals surface area contributed by atoms with Crippen LogP contribution >= 0.6 is 23.2 Å². The van der Waals surface area contributed by atoms with E-state index in [1.54, 1.807) is 12.1 Å². The Bertz CT molecular complexity index is 818. The Morgan fingerprint density at radius 2 is 1.70 bits per heavy atom. The fourth-order valence-electron chi connectivity index (χ4n) is 2.98. The zero-order chi connectivity index (χ0) is 19.2. The number of halogens is 2.